The lowest BCUT2D eigenvalue weighted by atomic mass is 10.2. The summed E-state index contributed by atoms with van der Waals surface area (Å²) in [5, 5.41) is 4.84. The van der Waals surface area contributed by atoms with Crippen molar-refractivity contribution in [2.45, 2.75) is 6.54 Å². The zero-order valence-corrected chi connectivity index (χ0v) is 9.41. The van der Waals surface area contributed by atoms with Gasteiger partial charge in [-0.05, 0) is 23.8 Å². The Hall–Kier alpha value is -1.74. The third-order valence-corrected chi connectivity index (χ3v) is 2.51. The Morgan fingerprint density at radius 2 is 2.12 bits per heavy atom. The van der Waals surface area contributed by atoms with Gasteiger partial charge in [0.25, 0.3) is 0 Å². The summed E-state index contributed by atoms with van der Waals surface area (Å²) >= 11 is 6.00. The van der Waals surface area contributed by atoms with Crippen molar-refractivity contribution in [2.75, 3.05) is 0 Å². The van der Waals surface area contributed by atoms with Crippen LogP contribution in [-0.4, -0.2) is 11.2 Å². The lowest BCUT2D eigenvalue weighted by molar-refractivity contribution is 0.748. The standard InChI is InChI=1S/C12H12ClN3/c13-12-6-2-1-4-10(12)8-15-16-9-11-5-3-7-14-11/h1-7,9,14-15H,8H2/b16-9-. The molecular weight excluding hydrogens is 222 g/mol. The summed E-state index contributed by atoms with van der Waals surface area (Å²) in [6, 6.07) is 11.6. The highest BCUT2D eigenvalue weighted by molar-refractivity contribution is 6.31. The van der Waals surface area contributed by atoms with E-state index in [0.717, 1.165) is 16.3 Å². The summed E-state index contributed by atoms with van der Waals surface area (Å²) in [7, 11) is 0. The number of hydrazone groups is 1. The molecule has 1 heterocycles. The van der Waals surface area contributed by atoms with Gasteiger partial charge < -0.3 is 10.4 Å². The van der Waals surface area contributed by atoms with Gasteiger partial charge in [0.15, 0.2) is 0 Å². The fraction of sp³-hybridized carbons (Fsp3) is 0.0833. The number of H-pyrrole nitrogens is 1. The van der Waals surface area contributed by atoms with Crippen LogP contribution >= 0.6 is 11.6 Å². The normalized spacial score (nSPS) is 10.8. The zero-order chi connectivity index (χ0) is 11.2. The summed E-state index contributed by atoms with van der Waals surface area (Å²) in [6.07, 6.45) is 3.59. The molecule has 0 atom stereocenters. The van der Waals surface area contributed by atoms with Crippen molar-refractivity contribution in [2.24, 2.45) is 5.10 Å². The van der Waals surface area contributed by atoms with E-state index in [1.165, 1.54) is 0 Å². The Balaban J connectivity index is 1.87. The molecule has 0 amide bonds. The molecule has 2 rings (SSSR count). The molecule has 1 aromatic carbocycles. The number of nitrogens with zero attached hydrogens (tertiary/aromatic N) is 1. The number of nitrogens with one attached hydrogen (secondary N) is 2. The van der Waals surface area contributed by atoms with Gasteiger partial charge in [-0.15, -0.1) is 0 Å². The molecule has 0 aliphatic carbocycles. The van der Waals surface area contributed by atoms with E-state index in [9.17, 15) is 0 Å². The number of rotatable bonds is 4. The van der Waals surface area contributed by atoms with Crippen LogP contribution in [0.25, 0.3) is 0 Å². The van der Waals surface area contributed by atoms with E-state index in [2.05, 4.69) is 15.5 Å². The van der Waals surface area contributed by atoms with Crippen LogP contribution in [0.4, 0.5) is 0 Å². The molecule has 2 N–H and O–H groups in total. The van der Waals surface area contributed by atoms with Gasteiger partial charge >= 0.3 is 0 Å². The molecule has 1 aromatic heterocycles. The highest BCUT2D eigenvalue weighted by atomic mass is 35.5. The maximum absolute atomic E-state index is 6.00. The first-order valence-corrected chi connectivity index (χ1v) is 5.37. The quantitative estimate of drug-likeness (QED) is 0.619. The van der Waals surface area contributed by atoms with E-state index in [-0.39, 0.29) is 0 Å². The lowest BCUT2D eigenvalue weighted by Crippen LogP contribution is -2.05. The first kappa shape index (κ1) is 10.8. The minimum absolute atomic E-state index is 0.622. The third kappa shape index (κ3) is 2.87. The van der Waals surface area contributed by atoms with Crippen LogP contribution in [0, 0.1) is 0 Å². The Morgan fingerprint density at radius 3 is 2.88 bits per heavy atom. The van der Waals surface area contributed by atoms with Crippen LogP contribution in [0.3, 0.4) is 0 Å². The average molecular weight is 234 g/mol. The van der Waals surface area contributed by atoms with E-state index < -0.39 is 0 Å². The van der Waals surface area contributed by atoms with E-state index in [1.54, 1.807) is 6.21 Å². The van der Waals surface area contributed by atoms with Crippen LogP contribution in [0.2, 0.25) is 5.02 Å². The maximum atomic E-state index is 6.00. The Kier molecular flexibility index (Phi) is 3.62. The number of aromatic amines is 1. The Labute approximate surface area is 99.1 Å². The first-order chi connectivity index (χ1) is 7.86. The highest BCUT2D eigenvalue weighted by Gasteiger charge is 1.96. The lowest BCUT2D eigenvalue weighted by Gasteiger charge is -2.02. The van der Waals surface area contributed by atoms with Crippen molar-refractivity contribution < 1.29 is 0 Å². The van der Waals surface area contributed by atoms with Crippen molar-refractivity contribution in [3.05, 3.63) is 58.9 Å². The number of hydrogen-bond acceptors (Lipinski definition) is 2. The van der Waals surface area contributed by atoms with E-state index >= 15 is 0 Å². The van der Waals surface area contributed by atoms with Gasteiger partial charge in [-0.1, -0.05) is 29.8 Å². The third-order valence-electron chi connectivity index (χ3n) is 2.14. The molecule has 82 valence electrons. The van der Waals surface area contributed by atoms with Crippen molar-refractivity contribution in [1.82, 2.24) is 10.4 Å². The minimum Gasteiger partial charge on any atom is -0.360 e. The predicted octanol–water partition coefficient (Wildman–Crippen LogP) is 2.79. The maximum Gasteiger partial charge on any atom is 0.0703 e. The number of aromatic nitrogens is 1. The molecule has 3 nitrogen and oxygen atoms in total. The second-order valence-electron chi connectivity index (χ2n) is 3.31. The molecule has 0 aliphatic rings. The highest BCUT2D eigenvalue weighted by Crippen LogP contribution is 2.13. The van der Waals surface area contributed by atoms with Gasteiger partial charge in [0.1, 0.15) is 0 Å². The molecule has 0 saturated carbocycles. The molecule has 0 radical (unpaired) electrons. The van der Waals surface area contributed by atoms with Gasteiger partial charge in [-0.3, -0.25) is 0 Å². The van der Waals surface area contributed by atoms with Crippen LogP contribution in [-0.2, 0) is 6.54 Å². The Morgan fingerprint density at radius 1 is 1.25 bits per heavy atom. The summed E-state index contributed by atoms with van der Waals surface area (Å²) in [5.74, 6) is 0. The summed E-state index contributed by atoms with van der Waals surface area (Å²) < 4.78 is 0. The summed E-state index contributed by atoms with van der Waals surface area (Å²) in [6.45, 7) is 0.622. The molecule has 0 fully saturated rings. The van der Waals surface area contributed by atoms with Crippen molar-refractivity contribution >= 4 is 17.8 Å². The number of hydrogen-bond donors (Lipinski definition) is 2. The van der Waals surface area contributed by atoms with Gasteiger partial charge in [0.05, 0.1) is 18.5 Å². The Bertz CT molecular complexity index is 463. The average Bonchev–Trinajstić information content (AvgIpc) is 2.79. The molecule has 0 unspecified atom stereocenters. The molecule has 0 spiro atoms. The van der Waals surface area contributed by atoms with E-state index in [4.69, 9.17) is 11.6 Å². The topological polar surface area (TPSA) is 40.2 Å². The molecule has 4 heteroatoms. The largest absolute Gasteiger partial charge is 0.360 e. The number of benzene rings is 1. The number of halogens is 1. The fourth-order valence-corrected chi connectivity index (χ4v) is 1.51. The predicted molar refractivity (Wildman–Crippen MR) is 66.7 cm³/mol. The van der Waals surface area contributed by atoms with Gasteiger partial charge in [0, 0.05) is 11.2 Å². The molecule has 0 aliphatic heterocycles. The van der Waals surface area contributed by atoms with Crippen molar-refractivity contribution in [1.29, 1.82) is 0 Å². The SMILES string of the molecule is Clc1ccccc1CN/N=C\c1ccc[nH]1. The van der Waals surface area contributed by atoms with Crippen LogP contribution < -0.4 is 5.43 Å². The van der Waals surface area contributed by atoms with Gasteiger partial charge in [0.2, 0.25) is 0 Å². The molecule has 0 saturated heterocycles. The summed E-state index contributed by atoms with van der Waals surface area (Å²) in [4.78, 5) is 3.03. The smallest absolute Gasteiger partial charge is 0.0703 e. The van der Waals surface area contributed by atoms with Crippen molar-refractivity contribution in [3.8, 4) is 0 Å². The second-order valence-corrected chi connectivity index (χ2v) is 3.72. The van der Waals surface area contributed by atoms with Gasteiger partial charge in [-0.2, -0.15) is 5.10 Å². The van der Waals surface area contributed by atoms with Crippen LogP contribution in [0.15, 0.2) is 47.7 Å². The van der Waals surface area contributed by atoms with Crippen LogP contribution in [0.5, 0.6) is 0 Å². The first-order valence-electron chi connectivity index (χ1n) is 4.99. The zero-order valence-electron chi connectivity index (χ0n) is 8.65. The molecule has 16 heavy (non-hydrogen) atoms. The van der Waals surface area contributed by atoms with Gasteiger partial charge in [-0.25, -0.2) is 0 Å². The van der Waals surface area contributed by atoms with Crippen LogP contribution in [0.1, 0.15) is 11.3 Å². The van der Waals surface area contributed by atoms with Crippen molar-refractivity contribution in [3.63, 3.8) is 0 Å². The van der Waals surface area contributed by atoms with E-state index in [0.29, 0.717) is 6.54 Å². The second kappa shape index (κ2) is 5.37. The molecule has 2 aromatic rings. The fourth-order valence-electron chi connectivity index (χ4n) is 1.31. The minimum atomic E-state index is 0.622. The van der Waals surface area contributed by atoms with E-state index in [1.807, 2.05) is 42.6 Å². The molecule has 0 bridgehead atoms. The monoisotopic (exact) mass is 233 g/mol. The molecular formula is C12H12ClN3. The summed E-state index contributed by atoms with van der Waals surface area (Å²) in [5.41, 5.74) is 4.95.